The molecule has 1 saturated heterocycles. The minimum atomic E-state index is 0.154. The lowest BCUT2D eigenvalue weighted by Crippen LogP contribution is -2.48. The molecule has 0 aromatic heterocycles. The minimum Gasteiger partial charge on any atom is -0.360 e. The Kier molecular flexibility index (Phi) is 5.26. The molecule has 1 aliphatic rings. The van der Waals surface area contributed by atoms with E-state index in [4.69, 9.17) is 11.6 Å². The van der Waals surface area contributed by atoms with Gasteiger partial charge < -0.3 is 15.1 Å². The van der Waals surface area contributed by atoms with E-state index in [0.717, 1.165) is 48.9 Å². The maximum absolute atomic E-state index is 11.7. The fraction of sp³-hybridized carbons (Fsp3) is 0.533. The second-order valence-electron chi connectivity index (χ2n) is 5.19. The van der Waals surface area contributed by atoms with Crippen LogP contribution in [0.3, 0.4) is 0 Å². The number of rotatable bonds is 5. The van der Waals surface area contributed by atoms with Crippen LogP contribution in [0.25, 0.3) is 0 Å². The third kappa shape index (κ3) is 3.64. The summed E-state index contributed by atoms with van der Waals surface area (Å²) in [6.45, 7) is 5.96. The summed E-state index contributed by atoms with van der Waals surface area (Å²) in [5, 5.41) is 4.11. The molecule has 20 heavy (non-hydrogen) atoms. The summed E-state index contributed by atoms with van der Waals surface area (Å²) < 4.78 is 0. The highest BCUT2D eigenvalue weighted by Crippen LogP contribution is 2.24. The lowest BCUT2D eigenvalue weighted by atomic mass is 10.1. The topological polar surface area (TPSA) is 35.6 Å². The number of piperazine rings is 1. The van der Waals surface area contributed by atoms with E-state index in [1.807, 2.05) is 25.2 Å². The van der Waals surface area contributed by atoms with Crippen LogP contribution in [0.15, 0.2) is 18.2 Å². The molecule has 1 N–H and O–H groups in total. The highest BCUT2D eigenvalue weighted by molar-refractivity contribution is 6.31. The van der Waals surface area contributed by atoms with E-state index in [2.05, 4.69) is 17.1 Å². The highest BCUT2D eigenvalue weighted by atomic mass is 35.5. The summed E-state index contributed by atoms with van der Waals surface area (Å²) in [6, 6.07) is 6.06. The molecule has 5 heteroatoms. The van der Waals surface area contributed by atoms with Gasteiger partial charge in [-0.15, -0.1) is 0 Å². The highest BCUT2D eigenvalue weighted by Gasteiger charge is 2.21. The molecule has 1 fully saturated rings. The van der Waals surface area contributed by atoms with Crippen LogP contribution in [-0.4, -0.2) is 44.0 Å². The van der Waals surface area contributed by atoms with Gasteiger partial charge in [0.2, 0.25) is 5.91 Å². The fourth-order valence-corrected chi connectivity index (χ4v) is 2.50. The lowest BCUT2D eigenvalue weighted by molar-refractivity contribution is -0.129. The number of hydrogen-bond acceptors (Lipinski definition) is 3. The van der Waals surface area contributed by atoms with Crippen molar-refractivity contribution in [1.29, 1.82) is 0 Å². The molecule has 110 valence electrons. The predicted molar refractivity (Wildman–Crippen MR) is 83.3 cm³/mol. The Hall–Kier alpha value is -1.26. The summed E-state index contributed by atoms with van der Waals surface area (Å²) in [7, 11) is 1.84. The molecule has 0 spiro atoms. The maximum Gasteiger partial charge on any atom is 0.241 e. The number of halogens is 1. The number of nitrogens with one attached hydrogen (secondary N) is 1. The summed E-state index contributed by atoms with van der Waals surface area (Å²) in [6.07, 6.45) is 1.11. The first-order valence-electron chi connectivity index (χ1n) is 7.10. The van der Waals surface area contributed by atoms with Crippen LogP contribution in [-0.2, 0) is 11.3 Å². The number of nitrogens with zero attached hydrogens (tertiary/aromatic N) is 2. The van der Waals surface area contributed by atoms with Crippen molar-refractivity contribution in [3.05, 3.63) is 28.8 Å². The quantitative estimate of drug-likeness (QED) is 0.845. The van der Waals surface area contributed by atoms with Crippen LogP contribution in [0, 0.1) is 0 Å². The predicted octanol–water partition coefficient (Wildman–Crippen LogP) is 2.12. The Morgan fingerprint density at radius 2 is 2.15 bits per heavy atom. The Morgan fingerprint density at radius 1 is 1.35 bits per heavy atom. The van der Waals surface area contributed by atoms with Crippen LogP contribution in [0.4, 0.5) is 5.69 Å². The number of benzene rings is 1. The monoisotopic (exact) mass is 295 g/mol. The molecule has 0 aliphatic carbocycles. The van der Waals surface area contributed by atoms with Crippen molar-refractivity contribution >= 4 is 23.2 Å². The van der Waals surface area contributed by atoms with Crippen LogP contribution in [0.1, 0.15) is 18.9 Å². The number of amides is 1. The van der Waals surface area contributed by atoms with Gasteiger partial charge in [0.25, 0.3) is 0 Å². The maximum atomic E-state index is 11.7. The van der Waals surface area contributed by atoms with E-state index in [0.29, 0.717) is 6.54 Å². The van der Waals surface area contributed by atoms with Crippen LogP contribution >= 0.6 is 11.6 Å². The van der Waals surface area contributed by atoms with Crippen molar-refractivity contribution in [2.45, 2.75) is 19.9 Å². The summed E-state index contributed by atoms with van der Waals surface area (Å²) in [5.41, 5.74) is 2.13. The zero-order chi connectivity index (χ0) is 14.5. The second kappa shape index (κ2) is 6.95. The molecule has 0 radical (unpaired) electrons. The van der Waals surface area contributed by atoms with Crippen LogP contribution in [0.5, 0.6) is 0 Å². The van der Waals surface area contributed by atoms with Crippen molar-refractivity contribution < 1.29 is 4.79 Å². The Bertz CT molecular complexity index is 478. The number of hydrogen-bond donors (Lipinski definition) is 1. The SMILES string of the molecule is CCCNCc1ccc(N2CCN(C)C(=O)C2)cc1Cl. The molecule has 2 rings (SSSR count). The number of anilines is 1. The standard InChI is InChI=1S/C15H22ClN3O/c1-3-6-17-10-12-4-5-13(9-14(12)16)19-8-7-18(2)15(20)11-19/h4-5,9,17H,3,6-8,10-11H2,1-2H3. The Balaban J connectivity index is 2.03. The zero-order valence-corrected chi connectivity index (χ0v) is 12.9. The van der Waals surface area contributed by atoms with Crippen molar-refractivity contribution in [3.63, 3.8) is 0 Å². The van der Waals surface area contributed by atoms with E-state index in [1.54, 1.807) is 4.90 Å². The van der Waals surface area contributed by atoms with E-state index in [9.17, 15) is 4.79 Å². The average Bonchev–Trinajstić information content (AvgIpc) is 2.44. The van der Waals surface area contributed by atoms with Gasteiger partial charge in [0.1, 0.15) is 0 Å². The van der Waals surface area contributed by atoms with Crippen molar-refractivity contribution in [2.24, 2.45) is 0 Å². The van der Waals surface area contributed by atoms with E-state index < -0.39 is 0 Å². The van der Waals surface area contributed by atoms with Gasteiger partial charge in [0.05, 0.1) is 6.54 Å². The van der Waals surface area contributed by atoms with E-state index in [1.165, 1.54) is 0 Å². The van der Waals surface area contributed by atoms with Crippen molar-refractivity contribution in [3.8, 4) is 0 Å². The molecule has 1 amide bonds. The largest absolute Gasteiger partial charge is 0.360 e. The molecule has 0 saturated carbocycles. The van der Waals surface area contributed by atoms with Crippen molar-refractivity contribution in [2.75, 3.05) is 38.1 Å². The lowest BCUT2D eigenvalue weighted by Gasteiger charge is -2.33. The van der Waals surface area contributed by atoms with Gasteiger partial charge in [0, 0.05) is 37.4 Å². The third-order valence-electron chi connectivity index (χ3n) is 3.60. The second-order valence-corrected chi connectivity index (χ2v) is 5.60. The normalized spacial score (nSPS) is 15.8. The number of carbonyl (C=O) groups excluding carboxylic acids is 1. The average molecular weight is 296 g/mol. The molecule has 1 aliphatic heterocycles. The summed E-state index contributed by atoms with van der Waals surface area (Å²) in [4.78, 5) is 15.6. The van der Waals surface area contributed by atoms with Gasteiger partial charge in [-0.3, -0.25) is 4.79 Å². The van der Waals surface area contributed by atoms with Crippen molar-refractivity contribution in [1.82, 2.24) is 10.2 Å². The van der Waals surface area contributed by atoms with E-state index in [-0.39, 0.29) is 5.91 Å². The van der Waals surface area contributed by atoms with Gasteiger partial charge in [-0.25, -0.2) is 0 Å². The molecule has 0 unspecified atom stereocenters. The number of carbonyl (C=O) groups is 1. The molecule has 0 bridgehead atoms. The van der Waals surface area contributed by atoms with E-state index >= 15 is 0 Å². The first-order valence-corrected chi connectivity index (χ1v) is 7.47. The van der Waals surface area contributed by atoms with Gasteiger partial charge in [-0.2, -0.15) is 0 Å². The zero-order valence-electron chi connectivity index (χ0n) is 12.2. The smallest absolute Gasteiger partial charge is 0.241 e. The molecule has 4 nitrogen and oxygen atoms in total. The molecule has 1 aromatic carbocycles. The fourth-order valence-electron chi connectivity index (χ4n) is 2.25. The van der Waals surface area contributed by atoms with Gasteiger partial charge in [-0.1, -0.05) is 24.6 Å². The molecule has 1 aromatic rings. The molecule has 0 atom stereocenters. The van der Waals surface area contributed by atoms with Gasteiger partial charge in [-0.05, 0) is 30.7 Å². The minimum absolute atomic E-state index is 0.154. The Morgan fingerprint density at radius 3 is 2.80 bits per heavy atom. The molecular weight excluding hydrogens is 274 g/mol. The number of likely N-dealkylation sites (N-methyl/N-ethyl adjacent to an activating group) is 1. The Labute approximate surface area is 125 Å². The molecular formula is C15H22ClN3O. The van der Waals surface area contributed by atoms with Crippen LogP contribution in [0.2, 0.25) is 5.02 Å². The van der Waals surface area contributed by atoms with Gasteiger partial charge in [0.15, 0.2) is 0 Å². The van der Waals surface area contributed by atoms with Gasteiger partial charge >= 0.3 is 0 Å². The first kappa shape index (κ1) is 15.1. The summed E-state index contributed by atoms with van der Waals surface area (Å²) in [5.74, 6) is 0.154. The summed E-state index contributed by atoms with van der Waals surface area (Å²) >= 11 is 6.33. The first-order chi connectivity index (χ1) is 9.61. The third-order valence-corrected chi connectivity index (χ3v) is 3.95. The molecule has 1 heterocycles. The van der Waals surface area contributed by atoms with Crippen LogP contribution < -0.4 is 10.2 Å².